The number of para-hydroxylation sites is 1. The zero-order valence-corrected chi connectivity index (χ0v) is 28.3. The van der Waals surface area contributed by atoms with Crippen LogP contribution >= 0.6 is 11.3 Å². The molecule has 0 radical (unpaired) electrons. The summed E-state index contributed by atoms with van der Waals surface area (Å²) in [6.45, 7) is 0. The molecule has 1 atom stereocenters. The van der Waals surface area contributed by atoms with Gasteiger partial charge in [0.05, 0.1) is 23.1 Å². The Bertz CT molecular complexity index is 2800. The SMILES string of the molecule is C1=CC(n2c3ccccc3c3cc(-c4ccccc4-c4ccccn4)ccc32)C=Cc2c1sc1cc(-c3ccccn3)c(-c3ccccn3)cc21. The van der Waals surface area contributed by atoms with Gasteiger partial charge in [-0.25, -0.2) is 0 Å². The second-order valence-electron chi connectivity index (χ2n) is 12.8. The average Bonchev–Trinajstić information content (AvgIpc) is 3.64. The number of rotatable bonds is 5. The minimum absolute atomic E-state index is 0.0387. The lowest BCUT2D eigenvalue weighted by Gasteiger charge is -2.15. The molecule has 5 heterocycles. The fourth-order valence-corrected chi connectivity index (χ4v) is 8.66. The van der Waals surface area contributed by atoms with E-state index in [4.69, 9.17) is 9.97 Å². The zero-order valence-electron chi connectivity index (χ0n) is 27.5. The van der Waals surface area contributed by atoms with Crippen LogP contribution in [0.15, 0.2) is 164 Å². The molecule has 1 aliphatic rings. The van der Waals surface area contributed by atoms with Crippen LogP contribution < -0.4 is 0 Å². The van der Waals surface area contributed by atoms with Crippen LogP contribution in [0.1, 0.15) is 16.5 Å². The first-order chi connectivity index (χ1) is 25.3. The summed E-state index contributed by atoms with van der Waals surface area (Å²) in [6.07, 6.45) is 14.9. The Hall–Kier alpha value is -6.43. The summed E-state index contributed by atoms with van der Waals surface area (Å²) in [7, 11) is 0. The zero-order chi connectivity index (χ0) is 33.7. The molecule has 0 bridgehead atoms. The number of allylic oxidation sites excluding steroid dienone is 2. The standard InChI is InChI=1S/C46H30N4S/c1-2-12-33(40-14-5-8-24-47-40)32(11-1)30-18-22-44-38(27-30)34-13-3-4-17-43(34)50(44)31-19-21-35-39-28-36(41-15-6-9-25-48-41)37(42-16-7-10-26-49-42)29-46(39)51-45(35)23-20-31/h1-29,31H. The van der Waals surface area contributed by atoms with E-state index in [9.17, 15) is 0 Å². The lowest BCUT2D eigenvalue weighted by molar-refractivity contribution is 0.789. The first-order valence-corrected chi connectivity index (χ1v) is 17.9. The number of hydrogen-bond donors (Lipinski definition) is 0. The monoisotopic (exact) mass is 670 g/mol. The number of aromatic nitrogens is 4. The molecule has 5 aromatic heterocycles. The molecule has 0 saturated carbocycles. The maximum absolute atomic E-state index is 4.74. The van der Waals surface area contributed by atoms with Crippen LogP contribution in [0.3, 0.4) is 0 Å². The Balaban J connectivity index is 1.09. The molecule has 5 heteroatoms. The Labute approximate surface area is 299 Å². The Morgan fingerprint density at radius 1 is 0.471 bits per heavy atom. The van der Waals surface area contributed by atoms with Crippen molar-refractivity contribution in [2.75, 3.05) is 0 Å². The number of benzene rings is 4. The van der Waals surface area contributed by atoms with Crippen LogP contribution in [0.5, 0.6) is 0 Å². The van der Waals surface area contributed by atoms with Crippen molar-refractivity contribution in [1.82, 2.24) is 19.5 Å². The molecular formula is C46H30N4S. The second-order valence-corrected chi connectivity index (χ2v) is 13.9. The Morgan fingerprint density at radius 2 is 1.08 bits per heavy atom. The van der Waals surface area contributed by atoms with Gasteiger partial charge in [-0.05, 0) is 83.9 Å². The number of thiophene rings is 1. The van der Waals surface area contributed by atoms with Crippen LogP contribution in [0.4, 0.5) is 0 Å². The van der Waals surface area contributed by atoms with Crippen molar-refractivity contribution in [1.29, 1.82) is 0 Å². The highest BCUT2D eigenvalue weighted by Gasteiger charge is 2.21. The predicted octanol–water partition coefficient (Wildman–Crippen LogP) is 12.1. The smallest absolute Gasteiger partial charge is 0.0713 e. The third kappa shape index (κ3) is 5.01. The van der Waals surface area contributed by atoms with Gasteiger partial charge in [0.25, 0.3) is 0 Å². The van der Waals surface area contributed by atoms with Crippen LogP contribution in [0, 0.1) is 0 Å². The van der Waals surface area contributed by atoms with E-state index >= 15 is 0 Å². The molecule has 1 unspecified atom stereocenters. The highest BCUT2D eigenvalue weighted by Crippen LogP contribution is 2.43. The van der Waals surface area contributed by atoms with Gasteiger partial charge in [0.2, 0.25) is 0 Å². The molecule has 9 aromatic rings. The molecule has 10 rings (SSSR count). The molecule has 1 aliphatic carbocycles. The summed E-state index contributed by atoms with van der Waals surface area (Å²) in [5, 5.41) is 3.72. The van der Waals surface area contributed by atoms with E-state index in [0.717, 1.165) is 33.8 Å². The highest BCUT2D eigenvalue weighted by atomic mass is 32.1. The van der Waals surface area contributed by atoms with Gasteiger partial charge in [-0.15, -0.1) is 11.3 Å². The van der Waals surface area contributed by atoms with Crippen LogP contribution in [0.2, 0.25) is 0 Å². The van der Waals surface area contributed by atoms with Crippen molar-refractivity contribution in [2.24, 2.45) is 0 Å². The number of hydrogen-bond acceptors (Lipinski definition) is 4. The number of pyridine rings is 3. The van der Waals surface area contributed by atoms with Gasteiger partial charge in [0.15, 0.2) is 0 Å². The topological polar surface area (TPSA) is 43.6 Å². The van der Waals surface area contributed by atoms with Crippen molar-refractivity contribution >= 4 is 55.4 Å². The molecule has 4 nitrogen and oxygen atoms in total. The van der Waals surface area contributed by atoms with E-state index in [1.807, 2.05) is 66.3 Å². The normalized spacial score (nSPS) is 13.9. The lowest BCUT2D eigenvalue weighted by atomic mass is 9.96. The first kappa shape index (κ1) is 29.5. The van der Waals surface area contributed by atoms with Gasteiger partial charge in [-0.2, -0.15) is 0 Å². The molecular weight excluding hydrogens is 641 g/mol. The van der Waals surface area contributed by atoms with Crippen LogP contribution in [0.25, 0.3) is 88.9 Å². The Morgan fingerprint density at radius 3 is 1.80 bits per heavy atom. The van der Waals surface area contributed by atoms with Gasteiger partial charge in [0, 0.05) is 77.6 Å². The molecule has 0 fully saturated rings. The minimum atomic E-state index is 0.0387. The van der Waals surface area contributed by atoms with Gasteiger partial charge >= 0.3 is 0 Å². The van der Waals surface area contributed by atoms with Gasteiger partial charge < -0.3 is 4.57 Å². The first-order valence-electron chi connectivity index (χ1n) is 17.1. The van der Waals surface area contributed by atoms with Crippen molar-refractivity contribution in [3.8, 4) is 44.9 Å². The molecule has 4 aromatic carbocycles. The largest absolute Gasteiger partial charge is 0.330 e. The summed E-state index contributed by atoms with van der Waals surface area (Å²) in [6, 6.07) is 47.1. The van der Waals surface area contributed by atoms with E-state index in [1.165, 1.54) is 53.5 Å². The molecule has 51 heavy (non-hydrogen) atoms. The summed E-state index contributed by atoms with van der Waals surface area (Å²) >= 11 is 1.83. The summed E-state index contributed by atoms with van der Waals surface area (Å²) in [5.41, 5.74) is 12.2. The van der Waals surface area contributed by atoms with Crippen molar-refractivity contribution < 1.29 is 0 Å². The number of fused-ring (bicyclic) bond motifs is 6. The van der Waals surface area contributed by atoms with Crippen LogP contribution in [-0.4, -0.2) is 19.5 Å². The van der Waals surface area contributed by atoms with E-state index in [1.54, 1.807) is 0 Å². The third-order valence-corrected chi connectivity index (χ3v) is 11.0. The van der Waals surface area contributed by atoms with Gasteiger partial charge in [-0.3, -0.25) is 15.0 Å². The molecule has 0 aliphatic heterocycles. The van der Waals surface area contributed by atoms with E-state index in [0.29, 0.717) is 0 Å². The quantitative estimate of drug-likeness (QED) is 0.183. The van der Waals surface area contributed by atoms with E-state index in [-0.39, 0.29) is 6.04 Å². The maximum atomic E-state index is 4.74. The average molecular weight is 671 g/mol. The van der Waals surface area contributed by atoms with Crippen LogP contribution in [-0.2, 0) is 0 Å². The van der Waals surface area contributed by atoms with Gasteiger partial charge in [0.1, 0.15) is 0 Å². The lowest BCUT2D eigenvalue weighted by Crippen LogP contribution is -2.02. The molecule has 0 saturated heterocycles. The third-order valence-electron chi connectivity index (χ3n) is 9.87. The molecule has 0 N–H and O–H groups in total. The molecule has 240 valence electrons. The molecule has 0 amide bonds. The summed E-state index contributed by atoms with van der Waals surface area (Å²) in [5.74, 6) is 0. The number of nitrogens with zero attached hydrogens (tertiary/aromatic N) is 4. The highest BCUT2D eigenvalue weighted by molar-refractivity contribution is 7.20. The Kier molecular flexibility index (Phi) is 7.03. The van der Waals surface area contributed by atoms with Gasteiger partial charge in [-0.1, -0.05) is 85.0 Å². The van der Waals surface area contributed by atoms with E-state index < -0.39 is 0 Å². The fourth-order valence-electron chi connectivity index (χ4n) is 7.53. The van der Waals surface area contributed by atoms with Crippen molar-refractivity contribution in [3.05, 3.63) is 175 Å². The maximum Gasteiger partial charge on any atom is 0.0713 e. The molecule has 0 spiro atoms. The van der Waals surface area contributed by atoms with Crippen molar-refractivity contribution in [2.45, 2.75) is 6.04 Å². The summed E-state index contributed by atoms with van der Waals surface area (Å²) in [4.78, 5) is 15.4. The predicted molar refractivity (Wildman–Crippen MR) is 214 cm³/mol. The fraction of sp³-hybridized carbons (Fsp3) is 0.0217. The summed E-state index contributed by atoms with van der Waals surface area (Å²) < 4.78 is 3.71. The van der Waals surface area contributed by atoms with Crippen molar-refractivity contribution in [3.63, 3.8) is 0 Å². The minimum Gasteiger partial charge on any atom is -0.330 e. The van der Waals surface area contributed by atoms with E-state index in [2.05, 4.69) is 131 Å². The second kappa shape index (κ2) is 12.2.